The fraction of sp³-hybridized carbons (Fsp3) is 0.0714. The molecule has 0 saturated carbocycles. The summed E-state index contributed by atoms with van der Waals surface area (Å²) >= 11 is 0. The molecule has 0 aliphatic heterocycles. The van der Waals surface area contributed by atoms with Gasteiger partial charge in [0, 0.05) is 24.2 Å². The van der Waals surface area contributed by atoms with Crippen LogP contribution < -0.4 is 0 Å². The van der Waals surface area contributed by atoms with Crippen LogP contribution >= 0.6 is 0 Å². The van der Waals surface area contributed by atoms with Crippen molar-refractivity contribution >= 4 is 0 Å². The zero-order valence-electron chi connectivity index (χ0n) is 17.5. The lowest BCUT2D eigenvalue weighted by Crippen LogP contribution is -2.38. The van der Waals surface area contributed by atoms with E-state index in [4.69, 9.17) is 4.98 Å². The van der Waals surface area contributed by atoms with Crippen LogP contribution in [0.1, 0.15) is 22.5 Å². The maximum atomic E-state index is 10.4. The molecule has 5 rings (SSSR count). The second kappa shape index (κ2) is 8.61. The Balaban J connectivity index is 1.89. The molecule has 2 aromatic heterocycles. The first-order chi connectivity index (χ1) is 15.8. The van der Waals surface area contributed by atoms with Crippen LogP contribution in [0.3, 0.4) is 0 Å². The van der Waals surface area contributed by atoms with Crippen molar-refractivity contribution in [3.8, 4) is 11.3 Å². The van der Waals surface area contributed by atoms with Crippen molar-refractivity contribution in [2.75, 3.05) is 0 Å². The van der Waals surface area contributed by atoms with Crippen molar-refractivity contribution in [2.45, 2.75) is 12.1 Å². The summed E-state index contributed by atoms with van der Waals surface area (Å²) < 4.78 is 2.11. The van der Waals surface area contributed by atoms with Crippen LogP contribution in [0.4, 0.5) is 0 Å². The van der Waals surface area contributed by atoms with Crippen LogP contribution in [0.25, 0.3) is 11.3 Å². The number of nitrogens with zero attached hydrogens (tertiary/aromatic N) is 3. The van der Waals surface area contributed by atoms with E-state index in [1.54, 1.807) is 12.4 Å². The lowest BCUT2D eigenvalue weighted by Gasteiger charge is -2.38. The van der Waals surface area contributed by atoms with Crippen molar-refractivity contribution < 1.29 is 5.11 Å². The van der Waals surface area contributed by atoms with Crippen molar-refractivity contribution in [3.63, 3.8) is 0 Å². The second-order valence-corrected chi connectivity index (χ2v) is 7.61. The lowest BCUT2D eigenvalue weighted by molar-refractivity contribution is 0.259. The molecule has 0 spiro atoms. The van der Waals surface area contributed by atoms with E-state index in [1.807, 2.05) is 36.5 Å². The number of imidazole rings is 1. The van der Waals surface area contributed by atoms with Crippen LogP contribution in [0.5, 0.6) is 0 Å². The normalized spacial score (nSPS) is 11.4. The molecule has 0 saturated heterocycles. The average molecular weight is 418 g/mol. The maximum Gasteiger partial charge on any atom is 0.136 e. The molecule has 2 heterocycles. The Kier molecular flexibility index (Phi) is 5.36. The van der Waals surface area contributed by atoms with Crippen molar-refractivity contribution in [1.29, 1.82) is 0 Å². The Labute approximate surface area is 187 Å². The zero-order chi connectivity index (χ0) is 21.8. The van der Waals surface area contributed by atoms with Crippen LogP contribution in [0.2, 0.25) is 0 Å². The van der Waals surface area contributed by atoms with Gasteiger partial charge in [-0.15, -0.1) is 0 Å². The van der Waals surface area contributed by atoms with Crippen molar-refractivity contribution in [3.05, 3.63) is 144 Å². The van der Waals surface area contributed by atoms with E-state index >= 15 is 0 Å². The number of rotatable bonds is 6. The fourth-order valence-corrected chi connectivity index (χ4v) is 4.44. The summed E-state index contributed by atoms with van der Waals surface area (Å²) in [6.07, 6.45) is 5.55. The van der Waals surface area contributed by atoms with E-state index in [2.05, 4.69) is 82.3 Å². The molecule has 4 nitrogen and oxygen atoms in total. The molecule has 156 valence electrons. The molecule has 0 fully saturated rings. The van der Waals surface area contributed by atoms with E-state index in [9.17, 15) is 5.11 Å². The molecular formula is C28H23N3O. The van der Waals surface area contributed by atoms with Gasteiger partial charge in [0.2, 0.25) is 0 Å². The molecule has 0 radical (unpaired) electrons. The van der Waals surface area contributed by atoms with Gasteiger partial charge in [0.25, 0.3) is 0 Å². The molecule has 0 amide bonds. The Bertz CT molecular complexity index is 1190. The van der Waals surface area contributed by atoms with E-state index in [0.29, 0.717) is 5.82 Å². The van der Waals surface area contributed by atoms with Crippen LogP contribution in [-0.4, -0.2) is 19.6 Å². The number of hydrogen-bond donors (Lipinski definition) is 1. The second-order valence-electron chi connectivity index (χ2n) is 7.61. The first kappa shape index (κ1) is 19.9. The topological polar surface area (TPSA) is 50.9 Å². The van der Waals surface area contributed by atoms with Gasteiger partial charge < -0.3 is 9.67 Å². The maximum absolute atomic E-state index is 10.4. The van der Waals surface area contributed by atoms with Gasteiger partial charge in [0.1, 0.15) is 18.0 Å². The fourth-order valence-electron chi connectivity index (χ4n) is 4.44. The highest BCUT2D eigenvalue weighted by Crippen LogP contribution is 2.42. The van der Waals surface area contributed by atoms with Gasteiger partial charge in [-0.25, -0.2) is 4.98 Å². The van der Waals surface area contributed by atoms with E-state index in [-0.39, 0.29) is 6.61 Å². The summed E-state index contributed by atoms with van der Waals surface area (Å²) in [5, 5.41) is 10.4. The molecule has 3 aromatic carbocycles. The van der Waals surface area contributed by atoms with Crippen molar-refractivity contribution in [1.82, 2.24) is 14.5 Å². The molecule has 0 unspecified atom stereocenters. The van der Waals surface area contributed by atoms with E-state index in [1.165, 1.54) is 0 Å². The molecule has 32 heavy (non-hydrogen) atoms. The first-order valence-electron chi connectivity index (χ1n) is 10.6. The molecular weight excluding hydrogens is 394 g/mol. The standard InChI is InChI=1S/C28H23N3O/c32-21-27-30-26(22-16-18-29-19-17-22)20-31(27)28(23-10-4-1-5-11-23,24-12-6-2-7-13-24)25-14-8-3-9-15-25/h1-20,32H,21H2. The monoisotopic (exact) mass is 417 g/mol. The minimum absolute atomic E-state index is 0.181. The smallest absolute Gasteiger partial charge is 0.136 e. The molecule has 1 N–H and O–H groups in total. The first-order valence-corrected chi connectivity index (χ1v) is 10.6. The van der Waals surface area contributed by atoms with Gasteiger partial charge in [-0.1, -0.05) is 91.0 Å². The number of aliphatic hydroxyl groups is 1. The summed E-state index contributed by atoms with van der Waals surface area (Å²) in [5.41, 5.74) is 4.31. The third kappa shape index (κ3) is 3.31. The number of aliphatic hydroxyl groups excluding tert-OH is 1. The SMILES string of the molecule is OCc1nc(-c2ccncc2)cn1C(c1ccccc1)(c1ccccc1)c1ccccc1. The molecule has 0 aliphatic carbocycles. The van der Waals surface area contributed by atoms with Crippen LogP contribution in [0, 0.1) is 0 Å². The number of pyridine rings is 1. The van der Waals surface area contributed by atoms with Gasteiger partial charge in [0.05, 0.1) is 5.69 Å². The van der Waals surface area contributed by atoms with Gasteiger partial charge >= 0.3 is 0 Å². The molecule has 0 aliphatic rings. The molecule has 5 aromatic rings. The van der Waals surface area contributed by atoms with Crippen LogP contribution in [0.15, 0.2) is 122 Å². The van der Waals surface area contributed by atoms with Gasteiger partial charge in [-0.3, -0.25) is 4.98 Å². The Morgan fingerprint density at radius 1 is 0.656 bits per heavy atom. The highest BCUT2D eigenvalue weighted by atomic mass is 16.3. The summed E-state index contributed by atoms with van der Waals surface area (Å²) in [6.45, 7) is -0.181. The van der Waals surface area contributed by atoms with Gasteiger partial charge in [-0.2, -0.15) is 0 Å². The molecule has 0 atom stereocenters. The predicted molar refractivity (Wildman–Crippen MR) is 126 cm³/mol. The van der Waals surface area contributed by atoms with E-state index in [0.717, 1.165) is 27.9 Å². The summed E-state index contributed by atoms with van der Waals surface area (Å²) in [6, 6.07) is 35.0. The van der Waals surface area contributed by atoms with E-state index < -0.39 is 5.54 Å². The Hall–Kier alpha value is -4.02. The van der Waals surface area contributed by atoms with Crippen molar-refractivity contribution in [2.24, 2.45) is 0 Å². The summed E-state index contributed by atoms with van der Waals surface area (Å²) in [4.78, 5) is 8.95. The van der Waals surface area contributed by atoms with Gasteiger partial charge in [0.15, 0.2) is 0 Å². The number of benzene rings is 3. The minimum Gasteiger partial charge on any atom is -0.388 e. The highest BCUT2D eigenvalue weighted by Gasteiger charge is 2.40. The third-order valence-electron chi connectivity index (χ3n) is 5.83. The van der Waals surface area contributed by atoms with Crippen LogP contribution in [-0.2, 0) is 12.1 Å². The summed E-state index contributed by atoms with van der Waals surface area (Å²) in [5.74, 6) is 0.591. The number of hydrogen-bond acceptors (Lipinski definition) is 3. The Morgan fingerprint density at radius 2 is 1.12 bits per heavy atom. The number of aromatic nitrogens is 3. The summed E-state index contributed by atoms with van der Waals surface area (Å²) in [7, 11) is 0. The largest absolute Gasteiger partial charge is 0.388 e. The molecule has 4 heteroatoms. The van der Waals surface area contributed by atoms with Gasteiger partial charge in [-0.05, 0) is 28.8 Å². The minimum atomic E-state index is -0.708. The molecule has 0 bridgehead atoms. The highest BCUT2D eigenvalue weighted by molar-refractivity contribution is 5.60. The predicted octanol–water partition coefficient (Wildman–Crippen LogP) is 5.28. The average Bonchev–Trinajstić information content (AvgIpc) is 3.32. The quantitative estimate of drug-likeness (QED) is 0.383. The lowest BCUT2D eigenvalue weighted by atomic mass is 9.76. The third-order valence-corrected chi connectivity index (χ3v) is 5.83. The Morgan fingerprint density at radius 3 is 1.56 bits per heavy atom. The zero-order valence-corrected chi connectivity index (χ0v) is 17.5.